The summed E-state index contributed by atoms with van der Waals surface area (Å²) in [7, 11) is 0. The predicted octanol–water partition coefficient (Wildman–Crippen LogP) is 3.31. The minimum atomic E-state index is -0.955. The van der Waals surface area contributed by atoms with Crippen LogP contribution < -0.4 is 5.32 Å². The van der Waals surface area contributed by atoms with Crippen molar-refractivity contribution in [3.05, 3.63) is 46.3 Å². The molecule has 32 heavy (non-hydrogen) atoms. The molecule has 2 aliphatic heterocycles. The highest BCUT2D eigenvalue weighted by Crippen LogP contribution is 2.36. The second-order valence-electron chi connectivity index (χ2n) is 9.12. The number of fused-ring (bicyclic) bond motifs is 1. The van der Waals surface area contributed by atoms with E-state index in [0.29, 0.717) is 19.3 Å². The van der Waals surface area contributed by atoms with Crippen LogP contribution in [0.3, 0.4) is 0 Å². The molecule has 2 fully saturated rings. The second kappa shape index (κ2) is 9.91. The Morgan fingerprint density at radius 3 is 2.62 bits per heavy atom. The van der Waals surface area contributed by atoms with Crippen LogP contribution in [0.25, 0.3) is 10.4 Å². The molecule has 2 amide bonds. The first kappa shape index (κ1) is 23.4. The minimum Gasteiger partial charge on any atom is -0.458 e. The van der Waals surface area contributed by atoms with Crippen molar-refractivity contribution in [2.75, 3.05) is 6.54 Å². The van der Waals surface area contributed by atoms with Gasteiger partial charge in [-0.2, -0.15) is 0 Å². The van der Waals surface area contributed by atoms with Gasteiger partial charge in [0.15, 0.2) is 0 Å². The van der Waals surface area contributed by atoms with Crippen molar-refractivity contribution in [3.8, 4) is 0 Å². The Labute approximate surface area is 186 Å². The monoisotopic (exact) mass is 443 g/mol. The van der Waals surface area contributed by atoms with Crippen molar-refractivity contribution in [3.63, 3.8) is 0 Å². The molecular weight excluding hydrogens is 414 g/mol. The Morgan fingerprint density at radius 1 is 1.25 bits per heavy atom. The number of esters is 1. The van der Waals surface area contributed by atoms with Gasteiger partial charge in [0.05, 0.1) is 0 Å². The summed E-state index contributed by atoms with van der Waals surface area (Å²) in [5.41, 5.74) is 8.88. The third kappa shape index (κ3) is 5.70. The normalized spacial score (nSPS) is 24.8. The molecule has 4 atom stereocenters. The average molecular weight is 444 g/mol. The van der Waals surface area contributed by atoms with Crippen LogP contribution >= 0.6 is 0 Å². The summed E-state index contributed by atoms with van der Waals surface area (Å²) in [6.07, 6.45) is 0.899. The SMILES string of the molecule is CC(C)(C)OC(=O)[C@@H]1CCC2CC(CN=[N+]=[N-])C(NC(=O)OCc3ccccc3)C(=O)N21. The summed E-state index contributed by atoms with van der Waals surface area (Å²) in [5, 5.41) is 6.25. The van der Waals surface area contributed by atoms with E-state index in [9.17, 15) is 14.4 Å². The lowest BCUT2D eigenvalue weighted by Gasteiger charge is -2.41. The number of rotatable bonds is 6. The summed E-state index contributed by atoms with van der Waals surface area (Å²) in [6.45, 7) is 5.45. The Balaban J connectivity index is 1.72. The van der Waals surface area contributed by atoms with E-state index < -0.39 is 29.7 Å². The molecule has 0 bridgehead atoms. The fraction of sp³-hybridized carbons (Fsp3) is 0.591. The van der Waals surface area contributed by atoms with Gasteiger partial charge in [0.1, 0.15) is 24.3 Å². The van der Waals surface area contributed by atoms with Crippen molar-refractivity contribution in [1.82, 2.24) is 10.2 Å². The van der Waals surface area contributed by atoms with Crippen LogP contribution in [0.15, 0.2) is 35.4 Å². The smallest absolute Gasteiger partial charge is 0.408 e. The molecule has 3 unspecified atom stereocenters. The molecule has 0 aromatic heterocycles. The van der Waals surface area contributed by atoms with Crippen LogP contribution in [0.1, 0.15) is 45.6 Å². The fourth-order valence-electron chi connectivity index (χ4n) is 4.29. The largest absolute Gasteiger partial charge is 0.458 e. The Hall–Kier alpha value is -3.26. The van der Waals surface area contributed by atoms with E-state index in [4.69, 9.17) is 15.0 Å². The second-order valence-corrected chi connectivity index (χ2v) is 9.12. The first-order valence-electron chi connectivity index (χ1n) is 10.7. The van der Waals surface area contributed by atoms with Crippen molar-refractivity contribution in [2.45, 2.75) is 70.4 Å². The van der Waals surface area contributed by atoms with Gasteiger partial charge in [-0.05, 0) is 57.0 Å². The number of ether oxygens (including phenoxy) is 2. The highest BCUT2D eigenvalue weighted by molar-refractivity contribution is 5.91. The Bertz CT molecular complexity index is 894. The zero-order valence-electron chi connectivity index (χ0n) is 18.6. The number of benzene rings is 1. The molecule has 0 aliphatic carbocycles. The van der Waals surface area contributed by atoms with Gasteiger partial charge in [0, 0.05) is 17.5 Å². The number of nitrogens with one attached hydrogen (secondary N) is 1. The lowest BCUT2D eigenvalue weighted by molar-refractivity contribution is -0.166. The van der Waals surface area contributed by atoms with Crippen LogP contribution in [-0.4, -0.2) is 53.1 Å². The van der Waals surface area contributed by atoms with Gasteiger partial charge < -0.3 is 19.7 Å². The zero-order valence-corrected chi connectivity index (χ0v) is 18.6. The molecule has 1 aromatic carbocycles. The summed E-state index contributed by atoms with van der Waals surface area (Å²) < 4.78 is 10.8. The maximum Gasteiger partial charge on any atom is 0.408 e. The topological polar surface area (TPSA) is 134 Å². The quantitative estimate of drug-likeness (QED) is 0.312. The number of alkyl carbamates (subject to hydrolysis) is 1. The number of piperidine rings is 1. The van der Waals surface area contributed by atoms with Crippen LogP contribution in [0.2, 0.25) is 0 Å². The zero-order chi connectivity index (χ0) is 23.3. The van der Waals surface area contributed by atoms with E-state index in [1.807, 2.05) is 30.3 Å². The van der Waals surface area contributed by atoms with E-state index in [1.54, 1.807) is 20.8 Å². The molecule has 2 heterocycles. The molecule has 3 rings (SSSR count). The van der Waals surface area contributed by atoms with Gasteiger partial charge in [0.2, 0.25) is 5.91 Å². The van der Waals surface area contributed by atoms with Crippen LogP contribution in [0.4, 0.5) is 4.79 Å². The molecule has 2 saturated heterocycles. The molecule has 172 valence electrons. The standard InChI is InChI=1S/C22H29N5O5/c1-22(2,3)32-20(29)17-10-9-16-11-15(12-24-26-23)18(19(28)27(16)17)25-21(30)31-13-14-7-5-4-6-8-14/h4-8,15-18H,9-13H2,1-3H3,(H,25,30)/t15?,16?,17-,18?/m0/s1. The first-order chi connectivity index (χ1) is 15.2. The molecule has 10 nitrogen and oxygen atoms in total. The summed E-state index contributed by atoms with van der Waals surface area (Å²) in [4.78, 5) is 42.9. The van der Waals surface area contributed by atoms with E-state index in [0.717, 1.165) is 5.56 Å². The van der Waals surface area contributed by atoms with Gasteiger partial charge in [-0.1, -0.05) is 35.4 Å². The van der Waals surface area contributed by atoms with Crippen LogP contribution in [-0.2, 0) is 25.7 Å². The molecule has 1 aromatic rings. The maximum absolute atomic E-state index is 13.4. The summed E-state index contributed by atoms with van der Waals surface area (Å²) in [6, 6.07) is 7.35. The van der Waals surface area contributed by atoms with E-state index in [-0.39, 0.29) is 31.0 Å². The van der Waals surface area contributed by atoms with Gasteiger partial charge in [-0.25, -0.2) is 9.59 Å². The number of carbonyl (C=O) groups is 3. The highest BCUT2D eigenvalue weighted by Gasteiger charge is 2.50. The van der Waals surface area contributed by atoms with Crippen molar-refractivity contribution in [2.24, 2.45) is 11.0 Å². The number of nitrogens with zero attached hydrogens (tertiary/aromatic N) is 4. The minimum absolute atomic E-state index is 0.0570. The van der Waals surface area contributed by atoms with Crippen molar-refractivity contribution < 1.29 is 23.9 Å². The third-order valence-corrected chi connectivity index (χ3v) is 5.61. The molecule has 0 radical (unpaired) electrons. The van der Waals surface area contributed by atoms with Gasteiger partial charge in [-0.15, -0.1) is 0 Å². The lowest BCUT2D eigenvalue weighted by Crippen LogP contribution is -2.62. The van der Waals surface area contributed by atoms with Crippen molar-refractivity contribution in [1.29, 1.82) is 0 Å². The Kier molecular flexibility index (Phi) is 7.25. The number of carbonyl (C=O) groups excluding carboxylic acids is 3. The highest BCUT2D eigenvalue weighted by atomic mass is 16.6. The predicted molar refractivity (Wildman–Crippen MR) is 115 cm³/mol. The lowest BCUT2D eigenvalue weighted by atomic mass is 9.86. The van der Waals surface area contributed by atoms with Gasteiger partial charge in [-0.3, -0.25) is 4.79 Å². The Morgan fingerprint density at radius 2 is 1.97 bits per heavy atom. The first-order valence-corrected chi connectivity index (χ1v) is 10.7. The van der Waals surface area contributed by atoms with E-state index in [2.05, 4.69) is 15.3 Å². The van der Waals surface area contributed by atoms with E-state index >= 15 is 0 Å². The molecule has 1 N–H and O–H groups in total. The van der Waals surface area contributed by atoms with Crippen LogP contribution in [0, 0.1) is 5.92 Å². The molecule has 2 aliphatic rings. The van der Waals surface area contributed by atoms with E-state index in [1.165, 1.54) is 4.90 Å². The molecular formula is C22H29N5O5. The average Bonchev–Trinajstić information content (AvgIpc) is 3.17. The number of hydrogen-bond donors (Lipinski definition) is 1. The molecule has 0 saturated carbocycles. The van der Waals surface area contributed by atoms with Crippen molar-refractivity contribution >= 4 is 18.0 Å². The number of amides is 2. The summed E-state index contributed by atoms with van der Waals surface area (Å²) in [5.74, 6) is -1.22. The van der Waals surface area contributed by atoms with Gasteiger partial charge >= 0.3 is 12.1 Å². The number of hydrogen-bond acceptors (Lipinski definition) is 6. The molecule has 0 spiro atoms. The third-order valence-electron chi connectivity index (χ3n) is 5.61. The summed E-state index contributed by atoms with van der Waals surface area (Å²) >= 11 is 0. The maximum atomic E-state index is 13.4. The fourth-order valence-corrected chi connectivity index (χ4v) is 4.29. The van der Waals surface area contributed by atoms with Crippen LogP contribution in [0.5, 0.6) is 0 Å². The number of azide groups is 1. The molecule has 10 heteroatoms. The van der Waals surface area contributed by atoms with Gasteiger partial charge in [0.25, 0.3) is 0 Å².